The van der Waals surface area contributed by atoms with Crippen LogP contribution in [0.4, 0.5) is 4.39 Å². The Hall–Kier alpha value is -1.41. The Balaban J connectivity index is 1.64. The number of aliphatic hydroxyl groups is 2. The quantitative estimate of drug-likeness (QED) is 0.694. The molecule has 4 fully saturated rings. The molecule has 0 aromatic heterocycles. The highest BCUT2D eigenvalue weighted by molar-refractivity contribution is 6.01. The van der Waals surface area contributed by atoms with Crippen molar-refractivity contribution in [2.45, 2.75) is 82.6 Å². The number of halogens is 1. The SMILES string of the molecule is CC1(C)O[C@@H]2C[C@H]3[C@@H]4CCC5=CC(=O)C=C[C@]5(C)[C@@]4(F)C(O)C[C@]3(C)[C@]2(C(=O)CO)O1. The lowest BCUT2D eigenvalue weighted by molar-refractivity contribution is -0.246. The minimum Gasteiger partial charge on any atom is -0.390 e. The Kier molecular flexibility index (Phi) is 4.24. The highest BCUT2D eigenvalue weighted by Gasteiger charge is 2.79. The van der Waals surface area contributed by atoms with Gasteiger partial charge in [-0.25, -0.2) is 4.39 Å². The molecule has 0 aromatic rings. The second-order valence-corrected chi connectivity index (χ2v) is 10.9. The minimum absolute atomic E-state index is 0.0109. The number of ketones is 2. The van der Waals surface area contributed by atoms with Gasteiger partial charge < -0.3 is 19.7 Å². The van der Waals surface area contributed by atoms with Crippen molar-refractivity contribution in [2.24, 2.45) is 22.7 Å². The van der Waals surface area contributed by atoms with Crippen molar-refractivity contribution in [2.75, 3.05) is 6.61 Å². The van der Waals surface area contributed by atoms with Crippen molar-refractivity contribution < 1.29 is 33.7 Å². The van der Waals surface area contributed by atoms with E-state index in [-0.39, 0.29) is 18.1 Å². The third kappa shape index (κ3) is 2.31. The fourth-order valence-corrected chi connectivity index (χ4v) is 7.93. The largest absolute Gasteiger partial charge is 0.390 e. The van der Waals surface area contributed by atoms with Gasteiger partial charge in [-0.05, 0) is 64.5 Å². The highest BCUT2D eigenvalue weighted by atomic mass is 19.1. The monoisotopic (exact) mass is 434 g/mol. The summed E-state index contributed by atoms with van der Waals surface area (Å²) in [4.78, 5) is 25.1. The van der Waals surface area contributed by atoms with Crippen molar-refractivity contribution in [3.8, 4) is 0 Å². The Labute approximate surface area is 181 Å². The summed E-state index contributed by atoms with van der Waals surface area (Å²) in [5.74, 6) is -2.46. The third-order valence-corrected chi connectivity index (χ3v) is 9.19. The van der Waals surface area contributed by atoms with Crippen LogP contribution in [-0.4, -0.2) is 57.7 Å². The van der Waals surface area contributed by atoms with Gasteiger partial charge in [0.15, 0.2) is 28.6 Å². The van der Waals surface area contributed by atoms with Gasteiger partial charge in [-0.1, -0.05) is 18.6 Å². The van der Waals surface area contributed by atoms with Crippen LogP contribution in [-0.2, 0) is 19.1 Å². The Bertz CT molecular complexity index is 925. The zero-order chi connectivity index (χ0) is 22.6. The van der Waals surface area contributed by atoms with Crippen LogP contribution in [0, 0.1) is 22.7 Å². The zero-order valence-corrected chi connectivity index (χ0v) is 18.5. The van der Waals surface area contributed by atoms with E-state index < -0.39 is 58.4 Å². The fraction of sp³-hybridized carbons (Fsp3) is 0.750. The number of allylic oxidation sites excluding steroid dienone is 4. The minimum atomic E-state index is -1.98. The predicted octanol–water partition coefficient (Wildman–Crippen LogP) is 2.42. The van der Waals surface area contributed by atoms with Gasteiger partial charge in [0.1, 0.15) is 6.61 Å². The number of alkyl halides is 1. The second-order valence-electron chi connectivity index (χ2n) is 10.9. The van der Waals surface area contributed by atoms with Crippen molar-refractivity contribution in [3.05, 3.63) is 23.8 Å². The molecule has 7 heteroatoms. The van der Waals surface area contributed by atoms with E-state index in [4.69, 9.17) is 9.47 Å². The molecule has 31 heavy (non-hydrogen) atoms. The number of fused-ring (bicyclic) bond motifs is 7. The van der Waals surface area contributed by atoms with Gasteiger partial charge in [0.2, 0.25) is 0 Å². The molecule has 8 atom stereocenters. The molecule has 0 radical (unpaired) electrons. The number of ether oxygens (including phenoxy) is 2. The molecule has 5 aliphatic rings. The number of aliphatic hydroxyl groups excluding tert-OH is 2. The van der Waals surface area contributed by atoms with E-state index in [2.05, 4.69) is 0 Å². The molecule has 5 rings (SSSR count). The average molecular weight is 435 g/mol. The van der Waals surface area contributed by atoms with Crippen LogP contribution in [0.3, 0.4) is 0 Å². The first kappa shape index (κ1) is 21.4. The molecule has 0 bridgehead atoms. The maximum absolute atomic E-state index is 17.1. The molecular formula is C24H31FO6. The summed E-state index contributed by atoms with van der Waals surface area (Å²) in [5, 5.41) is 21.2. The van der Waals surface area contributed by atoms with Crippen LogP contribution in [0.5, 0.6) is 0 Å². The van der Waals surface area contributed by atoms with E-state index >= 15 is 4.39 Å². The molecule has 3 saturated carbocycles. The van der Waals surface area contributed by atoms with E-state index in [0.29, 0.717) is 19.3 Å². The molecule has 0 amide bonds. The standard InChI is InChI=1S/C24H31FO6/c1-20(2)30-19-10-16-15-6-5-13-9-14(27)7-8-21(13,3)23(15,25)17(28)11-22(16,4)24(19,31-20)18(29)12-26/h7-9,15-17,19,26,28H,5-6,10-12H2,1-4H3/t15-,16-,17?,19+,21-,22-,23-,24+/m0/s1. The summed E-state index contributed by atoms with van der Waals surface area (Å²) >= 11 is 0. The van der Waals surface area contributed by atoms with Crippen LogP contribution in [0.2, 0.25) is 0 Å². The van der Waals surface area contributed by atoms with Crippen LogP contribution >= 0.6 is 0 Å². The van der Waals surface area contributed by atoms with Crippen molar-refractivity contribution in [3.63, 3.8) is 0 Å². The summed E-state index contributed by atoms with van der Waals surface area (Å²) in [6, 6.07) is 0. The predicted molar refractivity (Wildman–Crippen MR) is 109 cm³/mol. The third-order valence-electron chi connectivity index (χ3n) is 9.19. The molecule has 4 aliphatic carbocycles. The Morgan fingerprint density at radius 1 is 1.26 bits per heavy atom. The zero-order valence-electron chi connectivity index (χ0n) is 18.5. The topological polar surface area (TPSA) is 93.1 Å². The second kappa shape index (κ2) is 6.13. The van der Waals surface area contributed by atoms with Gasteiger partial charge in [-0.15, -0.1) is 0 Å². The molecule has 1 saturated heterocycles. The molecule has 1 unspecified atom stereocenters. The van der Waals surface area contributed by atoms with E-state index in [1.54, 1.807) is 26.8 Å². The van der Waals surface area contributed by atoms with Crippen molar-refractivity contribution >= 4 is 11.6 Å². The van der Waals surface area contributed by atoms with Gasteiger partial charge in [-0.3, -0.25) is 9.59 Å². The molecular weight excluding hydrogens is 403 g/mol. The van der Waals surface area contributed by atoms with Gasteiger partial charge in [0.25, 0.3) is 0 Å². The van der Waals surface area contributed by atoms with Crippen molar-refractivity contribution in [1.82, 2.24) is 0 Å². The van der Waals surface area contributed by atoms with E-state index in [0.717, 1.165) is 5.57 Å². The van der Waals surface area contributed by atoms with Gasteiger partial charge in [0, 0.05) is 16.7 Å². The lowest BCUT2D eigenvalue weighted by Gasteiger charge is -2.62. The molecule has 1 aliphatic heterocycles. The molecule has 1 heterocycles. The summed E-state index contributed by atoms with van der Waals surface area (Å²) in [6.45, 7) is 6.41. The number of Topliss-reactive ketones (excluding diaryl/α,β-unsaturated/α-hetero) is 1. The maximum atomic E-state index is 17.1. The van der Waals surface area contributed by atoms with E-state index in [1.165, 1.54) is 12.2 Å². The molecule has 2 N–H and O–H groups in total. The lowest BCUT2D eigenvalue weighted by atomic mass is 9.44. The molecule has 0 aromatic carbocycles. The normalized spacial score (nSPS) is 52.1. The number of carbonyl (C=O) groups excluding carboxylic acids is 2. The maximum Gasteiger partial charge on any atom is 0.193 e. The Morgan fingerprint density at radius 3 is 2.65 bits per heavy atom. The molecule has 6 nitrogen and oxygen atoms in total. The summed E-state index contributed by atoms with van der Waals surface area (Å²) < 4.78 is 29.5. The van der Waals surface area contributed by atoms with Crippen LogP contribution in [0.1, 0.15) is 53.4 Å². The number of carbonyl (C=O) groups is 2. The van der Waals surface area contributed by atoms with E-state index in [1.807, 2.05) is 6.92 Å². The smallest absolute Gasteiger partial charge is 0.193 e. The first-order chi connectivity index (χ1) is 14.4. The van der Waals surface area contributed by atoms with E-state index in [9.17, 15) is 19.8 Å². The first-order valence-electron chi connectivity index (χ1n) is 11.2. The first-order valence-corrected chi connectivity index (χ1v) is 11.2. The highest BCUT2D eigenvalue weighted by Crippen LogP contribution is 2.72. The van der Waals surface area contributed by atoms with Crippen LogP contribution in [0.25, 0.3) is 0 Å². The molecule has 170 valence electrons. The number of rotatable bonds is 2. The number of hydrogen-bond donors (Lipinski definition) is 2. The van der Waals surface area contributed by atoms with Crippen LogP contribution in [0.15, 0.2) is 23.8 Å². The Morgan fingerprint density at radius 2 is 1.97 bits per heavy atom. The van der Waals surface area contributed by atoms with Gasteiger partial charge >= 0.3 is 0 Å². The molecule has 0 spiro atoms. The van der Waals surface area contributed by atoms with Gasteiger partial charge in [0.05, 0.1) is 12.2 Å². The summed E-state index contributed by atoms with van der Waals surface area (Å²) in [6.07, 6.45) is 4.00. The van der Waals surface area contributed by atoms with Gasteiger partial charge in [-0.2, -0.15) is 0 Å². The fourth-order valence-electron chi connectivity index (χ4n) is 7.93. The summed E-state index contributed by atoms with van der Waals surface area (Å²) in [7, 11) is 0. The number of hydrogen-bond acceptors (Lipinski definition) is 6. The summed E-state index contributed by atoms with van der Waals surface area (Å²) in [5.41, 5.74) is -4.66. The average Bonchev–Trinajstić information content (AvgIpc) is 3.09. The van der Waals surface area contributed by atoms with Crippen LogP contribution < -0.4 is 0 Å². The lowest BCUT2D eigenvalue weighted by Crippen LogP contribution is -2.70. The van der Waals surface area contributed by atoms with Crippen molar-refractivity contribution in [1.29, 1.82) is 0 Å².